The van der Waals surface area contributed by atoms with Crippen molar-refractivity contribution in [3.63, 3.8) is 0 Å². The predicted molar refractivity (Wildman–Crippen MR) is 116 cm³/mol. The number of aliphatic hydroxyl groups excluding tert-OH is 1. The highest BCUT2D eigenvalue weighted by Gasteiger charge is 2.19. The van der Waals surface area contributed by atoms with Crippen LogP contribution < -0.4 is 5.73 Å². The lowest BCUT2D eigenvalue weighted by atomic mass is 9.84. The van der Waals surface area contributed by atoms with Gasteiger partial charge in [0.15, 0.2) is 6.29 Å². The number of nitrogens with two attached hydrogens (primary N) is 1. The first kappa shape index (κ1) is 23.9. The molecular weight excluding hydrogens is 350 g/mol. The Kier molecular flexibility index (Phi) is 12.4. The third-order valence-electron chi connectivity index (χ3n) is 6.67. The lowest BCUT2D eigenvalue weighted by molar-refractivity contribution is -0.0858. The zero-order valence-electron chi connectivity index (χ0n) is 18.0. The van der Waals surface area contributed by atoms with E-state index in [1.165, 1.54) is 96.3 Å². The number of hydrogen-bond donors (Lipinski definition) is 3. The molecule has 0 heterocycles. The van der Waals surface area contributed by atoms with Gasteiger partial charge in [-0.05, 0) is 57.3 Å². The Labute approximate surface area is 172 Å². The van der Waals surface area contributed by atoms with Gasteiger partial charge in [0.2, 0.25) is 0 Å². The molecule has 1 fully saturated rings. The Morgan fingerprint density at radius 1 is 0.821 bits per heavy atom. The predicted octanol–water partition coefficient (Wildman–Crippen LogP) is 5.21. The summed E-state index contributed by atoms with van der Waals surface area (Å²) in [6, 6.07) is -0.706. The monoisotopic (exact) mass is 395 g/mol. The number of aliphatic hydroxyl groups is 2. The molecule has 0 aromatic rings. The van der Waals surface area contributed by atoms with Gasteiger partial charge in [-0.1, -0.05) is 69.4 Å². The minimum Gasteiger partial charge on any atom is -0.376 e. The van der Waals surface area contributed by atoms with Gasteiger partial charge in [-0.3, -0.25) is 0 Å². The summed E-state index contributed by atoms with van der Waals surface area (Å²) in [5, 5.41) is 18.3. The molecule has 0 radical (unpaired) electrons. The zero-order valence-corrected chi connectivity index (χ0v) is 18.0. The summed E-state index contributed by atoms with van der Waals surface area (Å²) in [6.07, 6.45) is 23.5. The molecule has 0 aromatic heterocycles. The maximum absolute atomic E-state index is 9.14. The highest BCUT2D eigenvalue weighted by Crippen LogP contribution is 2.31. The third-order valence-corrected chi connectivity index (χ3v) is 6.67. The lowest BCUT2D eigenvalue weighted by Gasteiger charge is -2.22. The number of hydrogen-bond acceptors (Lipinski definition) is 4. The molecule has 0 aliphatic heterocycles. The minimum atomic E-state index is -1.49. The van der Waals surface area contributed by atoms with Gasteiger partial charge in [-0.25, -0.2) is 0 Å². The molecule has 0 aromatic carbocycles. The standard InChI is InChI=1S/C24H45NO3/c25-23(24(26)27)19-28-22-17-10-6-9-15-21(16-11-12-18-22)20-13-7-4-2-1-3-5-8-14-20/h13,21-24,26-27H,1-12,14-19,25H2/b20-13+. The van der Waals surface area contributed by atoms with Gasteiger partial charge in [0.1, 0.15) is 0 Å². The summed E-state index contributed by atoms with van der Waals surface area (Å²) in [5.74, 6) is 0.801. The van der Waals surface area contributed by atoms with Gasteiger partial charge in [-0.2, -0.15) is 0 Å². The summed E-state index contributed by atoms with van der Waals surface area (Å²) >= 11 is 0. The Bertz CT molecular complexity index is 424. The summed E-state index contributed by atoms with van der Waals surface area (Å²) in [4.78, 5) is 0. The molecule has 2 rings (SSSR count). The van der Waals surface area contributed by atoms with Crippen molar-refractivity contribution in [2.75, 3.05) is 6.61 Å². The summed E-state index contributed by atoms with van der Waals surface area (Å²) < 4.78 is 5.92. The van der Waals surface area contributed by atoms with Gasteiger partial charge in [0, 0.05) is 0 Å². The molecule has 3 atom stereocenters. The molecule has 4 nitrogen and oxygen atoms in total. The molecule has 4 heteroatoms. The fourth-order valence-corrected chi connectivity index (χ4v) is 4.80. The van der Waals surface area contributed by atoms with Crippen LogP contribution in [0.1, 0.15) is 109 Å². The second-order valence-corrected chi connectivity index (χ2v) is 9.09. The largest absolute Gasteiger partial charge is 0.376 e. The van der Waals surface area contributed by atoms with Crippen LogP contribution in [-0.2, 0) is 4.74 Å². The van der Waals surface area contributed by atoms with Crippen LogP contribution in [0.2, 0.25) is 0 Å². The van der Waals surface area contributed by atoms with Crippen LogP contribution in [0.3, 0.4) is 0 Å². The van der Waals surface area contributed by atoms with Crippen LogP contribution in [0, 0.1) is 5.92 Å². The van der Waals surface area contributed by atoms with Crippen molar-refractivity contribution in [1.29, 1.82) is 0 Å². The van der Waals surface area contributed by atoms with Crippen LogP contribution in [0.15, 0.2) is 11.6 Å². The van der Waals surface area contributed by atoms with Crippen LogP contribution in [0.25, 0.3) is 0 Å². The average molecular weight is 396 g/mol. The second-order valence-electron chi connectivity index (χ2n) is 9.09. The SMILES string of the molecule is NC(COC1CCCCCC(/C2=C/CCCCCCCC2)CCCC1)C(O)O. The normalized spacial score (nSPS) is 30.1. The number of rotatable bonds is 5. The third kappa shape index (κ3) is 9.87. The van der Waals surface area contributed by atoms with E-state index in [4.69, 9.17) is 20.7 Å². The van der Waals surface area contributed by atoms with Crippen molar-refractivity contribution in [3.8, 4) is 0 Å². The summed E-state index contributed by atoms with van der Waals surface area (Å²) in [7, 11) is 0. The Morgan fingerprint density at radius 2 is 1.39 bits per heavy atom. The molecule has 0 bridgehead atoms. The van der Waals surface area contributed by atoms with E-state index in [2.05, 4.69) is 6.08 Å². The average Bonchev–Trinajstić information content (AvgIpc) is 2.75. The Morgan fingerprint density at radius 3 is 2.14 bits per heavy atom. The smallest absolute Gasteiger partial charge is 0.169 e. The lowest BCUT2D eigenvalue weighted by Crippen LogP contribution is -2.39. The zero-order chi connectivity index (χ0) is 20.0. The molecule has 0 spiro atoms. The summed E-state index contributed by atoms with van der Waals surface area (Å²) in [6.45, 7) is 0.234. The van der Waals surface area contributed by atoms with E-state index in [1.54, 1.807) is 5.57 Å². The van der Waals surface area contributed by atoms with Crippen LogP contribution in [0.4, 0.5) is 0 Å². The van der Waals surface area contributed by atoms with Gasteiger partial charge >= 0.3 is 0 Å². The molecule has 1 saturated carbocycles. The van der Waals surface area contributed by atoms with E-state index >= 15 is 0 Å². The molecule has 2 aliphatic rings. The minimum absolute atomic E-state index is 0.217. The van der Waals surface area contributed by atoms with Crippen LogP contribution >= 0.6 is 0 Å². The van der Waals surface area contributed by atoms with Crippen molar-refractivity contribution in [1.82, 2.24) is 0 Å². The van der Waals surface area contributed by atoms with Gasteiger partial charge < -0.3 is 20.7 Å². The molecule has 0 saturated heterocycles. The molecule has 2 aliphatic carbocycles. The van der Waals surface area contributed by atoms with E-state index in [0.717, 1.165) is 18.8 Å². The van der Waals surface area contributed by atoms with Gasteiger partial charge in [0.05, 0.1) is 18.8 Å². The maximum Gasteiger partial charge on any atom is 0.169 e. The van der Waals surface area contributed by atoms with Crippen molar-refractivity contribution < 1.29 is 14.9 Å². The van der Waals surface area contributed by atoms with Gasteiger partial charge in [0.25, 0.3) is 0 Å². The van der Waals surface area contributed by atoms with Crippen molar-refractivity contribution in [2.24, 2.45) is 11.7 Å². The first-order valence-electron chi connectivity index (χ1n) is 12.1. The summed E-state index contributed by atoms with van der Waals surface area (Å²) in [5.41, 5.74) is 7.47. The van der Waals surface area contributed by atoms with Crippen molar-refractivity contribution in [2.45, 2.75) is 128 Å². The maximum atomic E-state index is 9.14. The number of allylic oxidation sites excluding steroid dienone is 2. The van der Waals surface area contributed by atoms with E-state index in [9.17, 15) is 0 Å². The highest BCUT2D eigenvalue weighted by molar-refractivity contribution is 5.07. The molecule has 3 unspecified atom stereocenters. The fraction of sp³-hybridized carbons (Fsp3) is 0.917. The van der Waals surface area contributed by atoms with Gasteiger partial charge in [-0.15, -0.1) is 0 Å². The Hall–Kier alpha value is -0.420. The van der Waals surface area contributed by atoms with E-state index < -0.39 is 12.3 Å². The number of ether oxygens (including phenoxy) is 1. The molecular formula is C24H45NO3. The first-order valence-corrected chi connectivity index (χ1v) is 12.1. The molecule has 0 amide bonds. The van der Waals surface area contributed by atoms with Crippen LogP contribution in [0.5, 0.6) is 0 Å². The first-order chi connectivity index (χ1) is 13.7. The van der Waals surface area contributed by atoms with Crippen molar-refractivity contribution >= 4 is 0 Å². The van der Waals surface area contributed by atoms with Crippen molar-refractivity contribution in [3.05, 3.63) is 11.6 Å². The topological polar surface area (TPSA) is 75.7 Å². The van der Waals surface area contributed by atoms with E-state index in [-0.39, 0.29) is 12.7 Å². The molecule has 4 N–H and O–H groups in total. The fourth-order valence-electron chi connectivity index (χ4n) is 4.80. The highest BCUT2D eigenvalue weighted by atomic mass is 16.5. The van der Waals surface area contributed by atoms with E-state index in [1.807, 2.05) is 0 Å². The quantitative estimate of drug-likeness (QED) is 0.441. The van der Waals surface area contributed by atoms with Crippen LogP contribution in [-0.4, -0.2) is 35.3 Å². The molecule has 164 valence electrons. The van der Waals surface area contributed by atoms with E-state index in [0.29, 0.717) is 0 Å². The second kappa shape index (κ2) is 14.5. The Balaban J connectivity index is 1.83. The molecule has 28 heavy (non-hydrogen) atoms.